The number of hydrogen-bond donors (Lipinski definition) is 2. The molecule has 0 spiro atoms. The maximum absolute atomic E-state index is 5.85. The molecule has 0 fully saturated rings. The Kier molecular flexibility index (Phi) is 5.55. The molecule has 2 heterocycles. The standard InChI is InChI=1S/C14H20N4S2/c1-10(2)13-18-11(9-20-13)8-17-14(15)16-6-5-12-4-3-7-19-12/h3-4,7,9-10H,5-6,8H2,1-2H3,(H3,15,16,17). The second-order valence-corrected chi connectivity index (χ2v) is 6.71. The van der Waals surface area contributed by atoms with E-state index >= 15 is 0 Å². The van der Waals surface area contributed by atoms with Gasteiger partial charge in [0.15, 0.2) is 5.96 Å². The molecule has 2 aromatic heterocycles. The SMILES string of the molecule is CC(C)c1nc(CN=C(N)NCCc2cccs2)cs1. The fourth-order valence-electron chi connectivity index (χ4n) is 1.65. The third kappa shape index (κ3) is 4.61. The molecular weight excluding hydrogens is 288 g/mol. The lowest BCUT2D eigenvalue weighted by molar-refractivity contribution is 0.829. The number of aromatic nitrogens is 1. The van der Waals surface area contributed by atoms with Gasteiger partial charge in [0.05, 0.1) is 17.2 Å². The van der Waals surface area contributed by atoms with E-state index in [1.54, 1.807) is 22.7 Å². The van der Waals surface area contributed by atoms with Gasteiger partial charge in [-0.15, -0.1) is 22.7 Å². The van der Waals surface area contributed by atoms with E-state index in [1.807, 2.05) is 0 Å². The maximum atomic E-state index is 5.85. The van der Waals surface area contributed by atoms with Crippen LogP contribution in [0.15, 0.2) is 27.9 Å². The van der Waals surface area contributed by atoms with Crippen molar-refractivity contribution >= 4 is 28.6 Å². The van der Waals surface area contributed by atoms with Gasteiger partial charge < -0.3 is 11.1 Å². The Hall–Kier alpha value is -1.40. The maximum Gasteiger partial charge on any atom is 0.188 e. The summed E-state index contributed by atoms with van der Waals surface area (Å²) in [7, 11) is 0. The third-order valence-corrected chi connectivity index (χ3v) is 4.86. The first-order valence-electron chi connectivity index (χ1n) is 6.65. The van der Waals surface area contributed by atoms with Crippen LogP contribution < -0.4 is 11.1 Å². The molecule has 0 amide bonds. The molecule has 6 heteroatoms. The zero-order chi connectivity index (χ0) is 14.4. The number of nitrogens with one attached hydrogen (secondary N) is 1. The van der Waals surface area contributed by atoms with E-state index in [9.17, 15) is 0 Å². The zero-order valence-electron chi connectivity index (χ0n) is 11.8. The summed E-state index contributed by atoms with van der Waals surface area (Å²) < 4.78 is 0. The molecule has 3 N–H and O–H groups in total. The molecule has 0 aromatic carbocycles. The van der Waals surface area contributed by atoms with Crippen molar-refractivity contribution in [1.29, 1.82) is 0 Å². The summed E-state index contributed by atoms with van der Waals surface area (Å²) in [4.78, 5) is 10.2. The fraction of sp³-hybridized carbons (Fsp3) is 0.429. The number of nitrogens with two attached hydrogens (primary N) is 1. The summed E-state index contributed by atoms with van der Waals surface area (Å²) in [6.45, 7) is 5.64. The van der Waals surface area contributed by atoms with Gasteiger partial charge in [0.2, 0.25) is 0 Å². The lowest BCUT2D eigenvalue weighted by Gasteiger charge is -2.03. The van der Waals surface area contributed by atoms with Crippen molar-refractivity contribution in [3.8, 4) is 0 Å². The van der Waals surface area contributed by atoms with Gasteiger partial charge in [-0.2, -0.15) is 0 Å². The molecule has 20 heavy (non-hydrogen) atoms. The van der Waals surface area contributed by atoms with Gasteiger partial charge >= 0.3 is 0 Å². The minimum atomic E-state index is 0.471. The highest BCUT2D eigenvalue weighted by atomic mass is 32.1. The smallest absolute Gasteiger partial charge is 0.188 e. The molecule has 2 aromatic rings. The van der Waals surface area contributed by atoms with Crippen molar-refractivity contribution in [1.82, 2.24) is 10.3 Å². The van der Waals surface area contributed by atoms with Gasteiger partial charge in [0.25, 0.3) is 0 Å². The molecule has 0 unspecified atom stereocenters. The largest absolute Gasteiger partial charge is 0.370 e. The van der Waals surface area contributed by atoms with Gasteiger partial charge in [-0.25, -0.2) is 9.98 Å². The van der Waals surface area contributed by atoms with Gasteiger partial charge in [0, 0.05) is 22.7 Å². The summed E-state index contributed by atoms with van der Waals surface area (Å²) in [5.41, 5.74) is 6.83. The number of rotatable bonds is 6. The predicted molar refractivity (Wildman–Crippen MR) is 87.6 cm³/mol. The van der Waals surface area contributed by atoms with Crippen LogP contribution in [-0.2, 0) is 13.0 Å². The number of aliphatic imine (C=N–C) groups is 1. The molecule has 0 saturated heterocycles. The molecule has 0 aliphatic carbocycles. The van der Waals surface area contributed by atoms with Gasteiger partial charge in [-0.05, 0) is 17.9 Å². The van der Waals surface area contributed by atoms with Crippen molar-refractivity contribution in [3.63, 3.8) is 0 Å². The first kappa shape index (κ1) is 15.0. The highest BCUT2D eigenvalue weighted by Gasteiger charge is 2.05. The summed E-state index contributed by atoms with van der Waals surface area (Å²) in [5.74, 6) is 0.958. The molecular formula is C14H20N4S2. The molecule has 0 aliphatic rings. The highest BCUT2D eigenvalue weighted by Crippen LogP contribution is 2.19. The van der Waals surface area contributed by atoms with Crippen molar-refractivity contribution in [2.45, 2.75) is 32.7 Å². The molecule has 2 rings (SSSR count). The van der Waals surface area contributed by atoms with Crippen LogP contribution in [0.3, 0.4) is 0 Å². The molecule has 0 bridgehead atoms. The molecule has 4 nitrogen and oxygen atoms in total. The highest BCUT2D eigenvalue weighted by molar-refractivity contribution is 7.10. The van der Waals surface area contributed by atoms with Crippen molar-refractivity contribution < 1.29 is 0 Å². The Labute approximate surface area is 127 Å². The van der Waals surface area contributed by atoms with Crippen molar-refractivity contribution in [2.24, 2.45) is 10.7 Å². The van der Waals surface area contributed by atoms with Crippen LogP contribution in [0, 0.1) is 0 Å². The predicted octanol–water partition coefficient (Wildman–Crippen LogP) is 2.98. The molecule has 0 atom stereocenters. The first-order chi connectivity index (χ1) is 9.65. The number of guanidine groups is 1. The fourth-order valence-corrected chi connectivity index (χ4v) is 3.19. The first-order valence-corrected chi connectivity index (χ1v) is 8.41. The van der Waals surface area contributed by atoms with Crippen LogP contribution in [0.4, 0.5) is 0 Å². The Morgan fingerprint density at radius 2 is 2.30 bits per heavy atom. The second kappa shape index (κ2) is 7.40. The molecule has 0 aliphatic heterocycles. The number of hydrogen-bond acceptors (Lipinski definition) is 4. The Morgan fingerprint density at radius 1 is 1.45 bits per heavy atom. The van der Waals surface area contributed by atoms with E-state index in [0.717, 1.165) is 23.7 Å². The lowest BCUT2D eigenvalue weighted by Crippen LogP contribution is -2.33. The lowest BCUT2D eigenvalue weighted by atomic mass is 10.2. The topological polar surface area (TPSA) is 63.3 Å². The number of thiophene rings is 1. The zero-order valence-corrected chi connectivity index (χ0v) is 13.4. The molecule has 108 valence electrons. The number of nitrogens with zero attached hydrogens (tertiary/aromatic N) is 2. The summed E-state index contributed by atoms with van der Waals surface area (Å²) >= 11 is 3.45. The Bertz CT molecular complexity index is 543. The van der Waals surface area contributed by atoms with Crippen LogP contribution in [-0.4, -0.2) is 17.5 Å². The van der Waals surface area contributed by atoms with Crippen LogP contribution in [0.25, 0.3) is 0 Å². The van der Waals surface area contributed by atoms with Crippen molar-refractivity contribution in [2.75, 3.05) is 6.54 Å². The van der Waals surface area contributed by atoms with Crippen LogP contribution in [0.5, 0.6) is 0 Å². The minimum Gasteiger partial charge on any atom is -0.370 e. The minimum absolute atomic E-state index is 0.471. The quantitative estimate of drug-likeness (QED) is 0.637. The summed E-state index contributed by atoms with van der Waals surface area (Å²) in [5, 5.41) is 8.42. The molecule has 0 saturated carbocycles. The van der Waals surface area contributed by atoms with E-state index in [1.165, 1.54) is 4.88 Å². The van der Waals surface area contributed by atoms with Crippen LogP contribution >= 0.6 is 22.7 Å². The Balaban J connectivity index is 1.75. The Morgan fingerprint density at radius 3 is 2.95 bits per heavy atom. The summed E-state index contributed by atoms with van der Waals surface area (Å²) in [6, 6.07) is 4.19. The van der Waals surface area contributed by atoms with Crippen molar-refractivity contribution in [3.05, 3.63) is 38.5 Å². The number of thiazole rings is 1. The van der Waals surface area contributed by atoms with Gasteiger partial charge in [-0.3, -0.25) is 0 Å². The van der Waals surface area contributed by atoms with E-state index in [2.05, 4.69) is 52.0 Å². The normalized spacial score (nSPS) is 12.1. The van der Waals surface area contributed by atoms with Gasteiger partial charge in [0.1, 0.15) is 0 Å². The van der Waals surface area contributed by atoms with Gasteiger partial charge in [-0.1, -0.05) is 19.9 Å². The van der Waals surface area contributed by atoms with Crippen LogP contribution in [0.2, 0.25) is 0 Å². The monoisotopic (exact) mass is 308 g/mol. The average molecular weight is 308 g/mol. The van der Waals surface area contributed by atoms with E-state index in [4.69, 9.17) is 5.73 Å². The van der Waals surface area contributed by atoms with E-state index in [0.29, 0.717) is 18.4 Å². The van der Waals surface area contributed by atoms with E-state index < -0.39 is 0 Å². The van der Waals surface area contributed by atoms with Crippen LogP contribution in [0.1, 0.15) is 35.3 Å². The molecule has 0 radical (unpaired) electrons. The third-order valence-electron chi connectivity index (χ3n) is 2.73. The second-order valence-electron chi connectivity index (χ2n) is 4.79. The van der Waals surface area contributed by atoms with E-state index in [-0.39, 0.29) is 0 Å². The summed E-state index contributed by atoms with van der Waals surface area (Å²) in [6.07, 6.45) is 0.974. The average Bonchev–Trinajstić information content (AvgIpc) is 3.07.